The molecule has 138 valence electrons. The summed E-state index contributed by atoms with van der Waals surface area (Å²) in [7, 11) is 0. The minimum absolute atomic E-state index is 0.133. The van der Waals surface area contributed by atoms with E-state index < -0.39 is 5.91 Å². The lowest BCUT2D eigenvalue weighted by Gasteiger charge is -2.42. The van der Waals surface area contributed by atoms with E-state index >= 15 is 0 Å². The van der Waals surface area contributed by atoms with E-state index in [2.05, 4.69) is 46.0 Å². The Morgan fingerprint density at radius 2 is 2.04 bits per heavy atom. The molecule has 1 fully saturated rings. The Hall–Kier alpha value is -2.44. The SMILES string of the molecule is Cc1ccc(CN2CCN(c3ncccc3C(N)=O)C[C@H]2CCO)cc1. The number of aliphatic hydroxyl groups excluding tert-OH is 1. The number of anilines is 1. The van der Waals surface area contributed by atoms with Crippen molar-refractivity contribution in [3.8, 4) is 0 Å². The number of aromatic nitrogens is 1. The number of aryl methyl sites for hydroxylation is 1. The van der Waals surface area contributed by atoms with Gasteiger partial charge in [0, 0.05) is 45.0 Å². The van der Waals surface area contributed by atoms with Gasteiger partial charge in [-0.3, -0.25) is 9.69 Å². The molecule has 2 heterocycles. The minimum Gasteiger partial charge on any atom is -0.396 e. The monoisotopic (exact) mass is 354 g/mol. The second-order valence-electron chi connectivity index (χ2n) is 6.81. The van der Waals surface area contributed by atoms with Crippen LogP contribution in [0.25, 0.3) is 0 Å². The highest BCUT2D eigenvalue weighted by molar-refractivity contribution is 5.97. The smallest absolute Gasteiger partial charge is 0.252 e. The number of hydrogen-bond acceptors (Lipinski definition) is 5. The standard InChI is InChI=1S/C20H26N4O2/c1-15-4-6-16(7-5-15)13-23-10-11-24(14-17(23)8-12-25)20-18(19(21)26)3-2-9-22-20/h2-7,9,17,25H,8,10-14H2,1H3,(H2,21,26)/t17-/m1/s1. The summed E-state index contributed by atoms with van der Waals surface area (Å²) in [6.07, 6.45) is 2.36. The van der Waals surface area contributed by atoms with Gasteiger partial charge in [0.2, 0.25) is 0 Å². The molecule has 1 saturated heterocycles. The van der Waals surface area contributed by atoms with Gasteiger partial charge in [-0.2, -0.15) is 0 Å². The molecule has 0 spiro atoms. The second-order valence-corrected chi connectivity index (χ2v) is 6.81. The van der Waals surface area contributed by atoms with E-state index in [9.17, 15) is 9.90 Å². The van der Waals surface area contributed by atoms with Gasteiger partial charge in [0.25, 0.3) is 5.91 Å². The number of nitrogens with zero attached hydrogens (tertiary/aromatic N) is 3. The van der Waals surface area contributed by atoms with Crippen molar-refractivity contribution in [2.24, 2.45) is 5.73 Å². The van der Waals surface area contributed by atoms with Crippen LogP contribution in [0.4, 0.5) is 5.82 Å². The van der Waals surface area contributed by atoms with Crippen LogP contribution in [0.5, 0.6) is 0 Å². The van der Waals surface area contributed by atoms with Gasteiger partial charge in [-0.25, -0.2) is 4.98 Å². The van der Waals surface area contributed by atoms with Crippen LogP contribution in [0.2, 0.25) is 0 Å². The number of rotatable bonds is 6. The number of piperazine rings is 1. The van der Waals surface area contributed by atoms with Crippen molar-refractivity contribution >= 4 is 11.7 Å². The van der Waals surface area contributed by atoms with Gasteiger partial charge in [-0.1, -0.05) is 29.8 Å². The fourth-order valence-electron chi connectivity index (χ4n) is 3.49. The molecule has 0 radical (unpaired) electrons. The van der Waals surface area contributed by atoms with Gasteiger partial charge in [0.05, 0.1) is 5.56 Å². The van der Waals surface area contributed by atoms with Gasteiger partial charge in [0.1, 0.15) is 5.82 Å². The molecule has 0 saturated carbocycles. The molecule has 1 aliphatic heterocycles. The summed E-state index contributed by atoms with van der Waals surface area (Å²) in [6, 6.07) is 12.2. The molecule has 26 heavy (non-hydrogen) atoms. The molecule has 1 amide bonds. The van der Waals surface area contributed by atoms with E-state index in [4.69, 9.17) is 5.73 Å². The lowest BCUT2D eigenvalue weighted by atomic mass is 10.1. The first-order chi connectivity index (χ1) is 12.6. The van der Waals surface area contributed by atoms with Crippen molar-refractivity contribution in [2.45, 2.75) is 25.9 Å². The summed E-state index contributed by atoms with van der Waals surface area (Å²) in [5.74, 6) is 0.173. The summed E-state index contributed by atoms with van der Waals surface area (Å²) in [5, 5.41) is 9.50. The Morgan fingerprint density at radius 1 is 1.27 bits per heavy atom. The fourth-order valence-corrected chi connectivity index (χ4v) is 3.49. The van der Waals surface area contributed by atoms with Gasteiger partial charge >= 0.3 is 0 Å². The van der Waals surface area contributed by atoms with Crippen LogP contribution in [0, 0.1) is 6.92 Å². The van der Waals surface area contributed by atoms with E-state index in [1.54, 1.807) is 18.3 Å². The first-order valence-corrected chi connectivity index (χ1v) is 8.98. The maximum atomic E-state index is 11.7. The van der Waals surface area contributed by atoms with E-state index in [0.717, 1.165) is 19.6 Å². The molecule has 3 N–H and O–H groups in total. The normalized spacial score (nSPS) is 18.1. The molecule has 0 unspecified atom stereocenters. The zero-order valence-corrected chi connectivity index (χ0v) is 15.1. The van der Waals surface area contributed by atoms with Crippen molar-refractivity contribution in [1.29, 1.82) is 0 Å². The minimum atomic E-state index is -0.464. The predicted octanol–water partition coefficient (Wildman–Crippen LogP) is 1.56. The molecular weight excluding hydrogens is 328 g/mol. The number of hydrogen-bond donors (Lipinski definition) is 2. The van der Waals surface area contributed by atoms with E-state index in [1.807, 2.05) is 0 Å². The van der Waals surface area contributed by atoms with Crippen LogP contribution in [0.1, 0.15) is 27.9 Å². The van der Waals surface area contributed by atoms with Crippen LogP contribution >= 0.6 is 0 Å². The number of carbonyl (C=O) groups is 1. The van der Waals surface area contributed by atoms with E-state index in [0.29, 0.717) is 24.3 Å². The number of carbonyl (C=O) groups excluding carboxylic acids is 1. The lowest BCUT2D eigenvalue weighted by molar-refractivity contribution is 0.0999. The van der Waals surface area contributed by atoms with Gasteiger partial charge in [0.15, 0.2) is 0 Å². The number of amides is 1. The maximum absolute atomic E-state index is 11.7. The number of nitrogens with two attached hydrogens (primary N) is 1. The highest BCUT2D eigenvalue weighted by atomic mass is 16.3. The Bertz CT molecular complexity index is 748. The molecule has 0 bridgehead atoms. The predicted molar refractivity (Wildman–Crippen MR) is 102 cm³/mol. The number of primary amides is 1. The first-order valence-electron chi connectivity index (χ1n) is 8.98. The number of pyridine rings is 1. The molecule has 0 aliphatic carbocycles. The summed E-state index contributed by atoms with van der Waals surface area (Å²) in [4.78, 5) is 20.6. The molecule has 3 rings (SSSR count). The summed E-state index contributed by atoms with van der Waals surface area (Å²) in [5.41, 5.74) is 8.46. The van der Waals surface area contributed by atoms with Gasteiger partial charge in [-0.15, -0.1) is 0 Å². The zero-order valence-electron chi connectivity index (χ0n) is 15.1. The summed E-state index contributed by atoms with van der Waals surface area (Å²) in [6.45, 7) is 5.39. The van der Waals surface area contributed by atoms with Crippen LogP contribution in [0.3, 0.4) is 0 Å². The van der Waals surface area contributed by atoms with Crippen LogP contribution in [-0.2, 0) is 6.54 Å². The molecule has 1 aliphatic rings. The molecule has 2 aromatic rings. The average Bonchev–Trinajstić information content (AvgIpc) is 2.65. The first kappa shape index (κ1) is 18.4. The van der Waals surface area contributed by atoms with Gasteiger partial charge < -0.3 is 15.7 Å². The third-order valence-electron chi connectivity index (χ3n) is 4.92. The highest BCUT2D eigenvalue weighted by Crippen LogP contribution is 2.23. The van der Waals surface area contributed by atoms with Crippen molar-refractivity contribution in [3.05, 3.63) is 59.3 Å². The maximum Gasteiger partial charge on any atom is 0.252 e. The van der Waals surface area contributed by atoms with Crippen molar-refractivity contribution in [3.63, 3.8) is 0 Å². The van der Waals surface area contributed by atoms with Crippen LogP contribution in [-0.4, -0.2) is 53.2 Å². The Balaban J connectivity index is 1.75. The molecule has 6 heteroatoms. The van der Waals surface area contributed by atoms with Crippen molar-refractivity contribution in [2.75, 3.05) is 31.1 Å². The Morgan fingerprint density at radius 3 is 2.73 bits per heavy atom. The Kier molecular flexibility index (Phi) is 5.85. The summed E-state index contributed by atoms with van der Waals surface area (Å²) >= 11 is 0. The fraction of sp³-hybridized carbons (Fsp3) is 0.400. The molecule has 1 aromatic carbocycles. The van der Waals surface area contributed by atoms with E-state index in [-0.39, 0.29) is 12.6 Å². The molecular formula is C20H26N4O2. The zero-order chi connectivity index (χ0) is 18.5. The Labute approximate surface area is 154 Å². The van der Waals surface area contributed by atoms with E-state index in [1.165, 1.54) is 11.1 Å². The number of aliphatic hydroxyl groups is 1. The van der Waals surface area contributed by atoms with Crippen LogP contribution < -0.4 is 10.6 Å². The average molecular weight is 354 g/mol. The molecule has 6 nitrogen and oxygen atoms in total. The highest BCUT2D eigenvalue weighted by Gasteiger charge is 2.29. The van der Waals surface area contributed by atoms with Gasteiger partial charge in [-0.05, 0) is 31.0 Å². The van der Waals surface area contributed by atoms with Crippen LogP contribution in [0.15, 0.2) is 42.6 Å². The lowest BCUT2D eigenvalue weighted by Crippen LogP contribution is -2.53. The number of benzene rings is 1. The third-order valence-corrected chi connectivity index (χ3v) is 4.92. The third kappa shape index (κ3) is 4.20. The second kappa shape index (κ2) is 8.29. The molecule has 1 aromatic heterocycles. The van der Waals surface area contributed by atoms with Crippen molar-refractivity contribution < 1.29 is 9.90 Å². The topological polar surface area (TPSA) is 82.7 Å². The molecule has 1 atom stereocenters. The largest absolute Gasteiger partial charge is 0.396 e. The summed E-state index contributed by atoms with van der Waals surface area (Å²) < 4.78 is 0. The van der Waals surface area contributed by atoms with Crippen molar-refractivity contribution in [1.82, 2.24) is 9.88 Å². The quantitative estimate of drug-likeness (QED) is 0.823.